The Morgan fingerprint density at radius 1 is 1.16 bits per heavy atom. The number of carbonyl (C=O) groups excluding carboxylic acids is 1. The zero-order valence-electron chi connectivity index (χ0n) is 15.3. The molecule has 25 heavy (non-hydrogen) atoms. The summed E-state index contributed by atoms with van der Waals surface area (Å²) in [5.74, 6) is 2.02. The Kier molecular flexibility index (Phi) is 6.70. The Morgan fingerprint density at radius 3 is 2.48 bits per heavy atom. The first-order valence-electron chi connectivity index (χ1n) is 9.58. The quantitative estimate of drug-likeness (QED) is 0.828. The van der Waals surface area contributed by atoms with Crippen LogP contribution in [-0.2, 0) is 11.3 Å². The third-order valence-corrected chi connectivity index (χ3v) is 5.55. The minimum atomic E-state index is 0.219. The van der Waals surface area contributed by atoms with Gasteiger partial charge in [-0.15, -0.1) is 0 Å². The van der Waals surface area contributed by atoms with Crippen molar-refractivity contribution in [2.24, 2.45) is 11.8 Å². The molecular formula is C20H31N3O2. The van der Waals surface area contributed by atoms with Crippen LogP contribution in [0.25, 0.3) is 0 Å². The molecule has 1 aromatic rings. The monoisotopic (exact) mass is 345 g/mol. The van der Waals surface area contributed by atoms with Crippen LogP contribution in [0.4, 0.5) is 0 Å². The molecule has 1 aromatic carbocycles. The molecule has 0 aromatic heterocycles. The smallest absolute Gasteiger partial charge is 0.223 e. The second-order valence-electron chi connectivity index (χ2n) is 7.34. The maximum absolute atomic E-state index is 12.2. The van der Waals surface area contributed by atoms with Crippen molar-refractivity contribution in [2.75, 3.05) is 39.8 Å². The van der Waals surface area contributed by atoms with Crippen molar-refractivity contribution in [2.45, 2.75) is 32.2 Å². The number of methoxy groups -OCH3 is 1. The Bertz CT molecular complexity index is 532. The van der Waals surface area contributed by atoms with Crippen LogP contribution < -0.4 is 15.4 Å². The van der Waals surface area contributed by atoms with Crippen molar-refractivity contribution in [1.29, 1.82) is 0 Å². The lowest BCUT2D eigenvalue weighted by Crippen LogP contribution is -2.42. The fourth-order valence-electron chi connectivity index (χ4n) is 3.81. The highest BCUT2D eigenvalue weighted by atomic mass is 16.5. The summed E-state index contributed by atoms with van der Waals surface area (Å²) in [4.78, 5) is 14.7. The van der Waals surface area contributed by atoms with Crippen molar-refractivity contribution < 1.29 is 9.53 Å². The summed E-state index contributed by atoms with van der Waals surface area (Å²) in [6.45, 7) is 6.01. The fraction of sp³-hybridized carbons (Fsp3) is 0.650. The Balaban J connectivity index is 1.35. The first-order valence-corrected chi connectivity index (χ1v) is 9.58. The van der Waals surface area contributed by atoms with Gasteiger partial charge in [0.2, 0.25) is 5.91 Å². The van der Waals surface area contributed by atoms with Crippen LogP contribution in [0.15, 0.2) is 24.3 Å². The normalized spacial score (nSPS) is 20.4. The summed E-state index contributed by atoms with van der Waals surface area (Å²) in [6, 6.07) is 8.34. The number of ether oxygens (including phenoxy) is 1. The number of amides is 1. The molecule has 2 fully saturated rings. The summed E-state index contributed by atoms with van der Waals surface area (Å²) in [6.07, 6.45) is 4.30. The summed E-state index contributed by atoms with van der Waals surface area (Å²) in [5, 5.41) is 6.51. The van der Waals surface area contributed by atoms with Crippen LogP contribution in [0.5, 0.6) is 5.75 Å². The standard InChI is InChI=1S/C20H31N3O2/c1-25-19-4-2-17(3-5-19)15-23-12-8-16(9-13-23)14-22-20(24)18-6-10-21-11-7-18/h2-5,16,18,21H,6-15H2,1H3,(H,22,24). The molecule has 2 aliphatic heterocycles. The molecule has 2 saturated heterocycles. The minimum absolute atomic E-state index is 0.219. The van der Waals surface area contributed by atoms with Crippen molar-refractivity contribution in [3.63, 3.8) is 0 Å². The van der Waals surface area contributed by atoms with E-state index in [1.54, 1.807) is 7.11 Å². The number of carbonyl (C=O) groups is 1. The molecular weight excluding hydrogens is 314 g/mol. The molecule has 1 amide bonds. The predicted molar refractivity (Wildman–Crippen MR) is 99.6 cm³/mol. The van der Waals surface area contributed by atoms with E-state index in [-0.39, 0.29) is 11.8 Å². The molecule has 138 valence electrons. The maximum atomic E-state index is 12.2. The van der Waals surface area contributed by atoms with E-state index in [0.717, 1.165) is 57.9 Å². The molecule has 0 unspecified atom stereocenters. The van der Waals surface area contributed by atoms with Crippen LogP contribution in [0, 0.1) is 11.8 Å². The van der Waals surface area contributed by atoms with Gasteiger partial charge in [0.05, 0.1) is 7.11 Å². The second-order valence-corrected chi connectivity index (χ2v) is 7.34. The van der Waals surface area contributed by atoms with E-state index in [9.17, 15) is 4.79 Å². The number of benzene rings is 1. The Hall–Kier alpha value is -1.59. The van der Waals surface area contributed by atoms with Crippen molar-refractivity contribution in [3.8, 4) is 5.75 Å². The molecule has 5 nitrogen and oxygen atoms in total. The van der Waals surface area contributed by atoms with E-state index in [1.807, 2.05) is 12.1 Å². The van der Waals surface area contributed by atoms with Gasteiger partial charge in [-0.1, -0.05) is 12.1 Å². The lowest BCUT2D eigenvalue weighted by atomic mass is 9.94. The number of likely N-dealkylation sites (tertiary alicyclic amines) is 1. The van der Waals surface area contributed by atoms with E-state index in [2.05, 4.69) is 27.7 Å². The first-order chi connectivity index (χ1) is 12.2. The number of nitrogens with zero attached hydrogens (tertiary/aromatic N) is 1. The summed E-state index contributed by atoms with van der Waals surface area (Å²) < 4.78 is 5.21. The minimum Gasteiger partial charge on any atom is -0.497 e. The largest absolute Gasteiger partial charge is 0.497 e. The van der Waals surface area contributed by atoms with Gasteiger partial charge in [-0.2, -0.15) is 0 Å². The molecule has 2 N–H and O–H groups in total. The SMILES string of the molecule is COc1ccc(CN2CCC(CNC(=O)C3CCNCC3)CC2)cc1. The highest BCUT2D eigenvalue weighted by molar-refractivity contribution is 5.78. The zero-order chi connectivity index (χ0) is 17.5. The molecule has 2 aliphatic rings. The number of rotatable bonds is 6. The Labute approximate surface area is 151 Å². The second kappa shape index (κ2) is 9.20. The van der Waals surface area contributed by atoms with E-state index >= 15 is 0 Å². The van der Waals surface area contributed by atoms with Crippen molar-refractivity contribution >= 4 is 5.91 Å². The molecule has 2 heterocycles. The van der Waals surface area contributed by atoms with Gasteiger partial charge in [0, 0.05) is 19.0 Å². The third kappa shape index (κ3) is 5.44. The average Bonchev–Trinajstić information content (AvgIpc) is 2.68. The lowest BCUT2D eigenvalue weighted by molar-refractivity contribution is -0.126. The summed E-state index contributed by atoms with van der Waals surface area (Å²) >= 11 is 0. The van der Waals surface area contributed by atoms with Crippen LogP contribution in [-0.4, -0.2) is 50.6 Å². The van der Waals surface area contributed by atoms with E-state index in [1.165, 1.54) is 18.4 Å². The van der Waals surface area contributed by atoms with Crippen LogP contribution >= 0.6 is 0 Å². The number of nitrogens with one attached hydrogen (secondary N) is 2. The molecule has 0 radical (unpaired) electrons. The van der Waals surface area contributed by atoms with Crippen LogP contribution in [0.3, 0.4) is 0 Å². The number of hydrogen-bond donors (Lipinski definition) is 2. The third-order valence-electron chi connectivity index (χ3n) is 5.55. The first kappa shape index (κ1) is 18.2. The van der Waals surface area contributed by atoms with E-state index in [4.69, 9.17) is 4.74 Å². The highest BCUT2D eigenvalue weighted by Gasteiger charge is 2.23. The van der Waals surface area contributed by atoms with Crippen molar-refractivity contribution in [1.82, 2.24) is 15.5 Å². The molecule has 3 rings (SSSR count). The topological polar surface area (TPSA) is 53.6 Å². The van der Waals surface area contributed by atoms with E-state index < -0.39 is 0 Å². The van der Waals surface area contributed by atoms with Gasteiger partial charge in [-0.25, -0.2) is 0 Å². The molecule has 0 bridgehead atoms. The van der Waals surface area contributed by atoms with Gasteiger partial charge in [0.15, 0.2) is 0 Å². The lowest BCUT2D eigenvalue weighted by Gasteiger charge is -2.32. The van der Waals surface area contributed by atoms with Crippen LogP contribution in [0.2, 0.25) is 0 Å². The van der Waals surface area contributed by atoms with Crippen molar-refractivity contribution in [3.05, 3.63) is 29.8 Å². The highest BCUT2D eigenvalue weighted by Crippen LogP contribution is 2.20. The summed E-state index contributed by atoms with van der Waals surface area (Å²) in [7, 11) is 1.70. The van der Waals surface area contributed by atoms with Gasteiger partial charge < -0.3 is 15.4 Å². The number of piperidine rings is 2. The summed E-state index contributed by atoms with van der Waals surface area (Å²) in [5.41, 5.74) is 1.33. The van der Waals surface area contributed by atoms with Gasteiger partial charge in [-0.3, -0.25) is 9.69 Å². The molecule has 0 saturated carbocycles. The van der Waals surface area contributed by atoms with E-state index in [0.29, 0.717) is 5.92 Å². The van der Waals surface area contributed by atoms with Gasteiger partial charge in [0.25, 0.3) is 0 Å². The average molecular weight is 345 g/mol. The molecule has 0 aliphatic carbocycles. The maximum Gasteiger partial charge on any atom is 0.223 e. The van der Waals surface area contributed by atoms with Gasteiger partial charge >= 0.3 is 0 Å². The van der Waals surface area contributed by atoms with Crippen LogP contribution in [0.1, 0.15) is 31.2 Å². The fourth-order valence-corrected chi connectivity index (χ4v) is 3.81. The Morgan fingerprint density at radius 2 is 1.84 bits per heavy atom. The number of hydrogen-bond acceptors (Lipinski definition) is 4. The molecule has 5 heteroatoms. The molecule has 0 spiro atoms. The van der Waals surface area contributed by atoms with Gasteiger partial charge in [-0.05, 0) is 75.5 Å². The predicted octanol–water partition coefficient (Wildman–Crippen LogP) is 2.02. The zero-order valence-corrected chi connectivity index (χ0v) is 15.3. The van der Waals surface area contributed by atoms with Gasteiger partial charge in [0.1, 0.15) is 5.75 Å². The molecule has 0 atom stereocenters.